The highest BCUT2D eigenvalue weighted by molar-refractivity contribution is 7.99. The lowest BCUT2D eigenvalue weighted by atomic mass is 10.1. The zero-order valence-corrected chi connectivity index (χ0v) is 13.5. The Balaban J connectivity index is 2.40. The third kappa shape index (κ3) is 6.15. The summed E-state index contributed by atoms with van der Waals surface area (Å²) in [7, 11) is 3.89. The van der Waals surface area contributed by atoms with E-state index < -0.39 is 0 Å². The lowest BCUT2D eigenvalue weighted by Gasteiger charge is -2.22. The van der Waals surface area contributed by atoms with E-state index in [2.05, 4.69) is 60.0 Å². The molecule has 110 valence electrons. The number of hydrogen-bond acceptors (Lipinski definition) is 2. The van der Waals surface area contributed by atoms with Crippen molar-refractivity contribution < 1.29 is 0 Å². The van der Waals surface area contributed by atoms with Crippen molar-refractivity contribution >= 4 is 17.7 Å². The standard InChI is InChI=1S/C16H25N3S/c1-5-11-20-12-10-18-16(17-3)19(4)13-15-8-6-14(2)7-9-15/h5-9H,1,10-13H2,2-4H3,(H,17,18). The van der Waals surface area contributed by atoms with Gasteiger partial charge in [-0.05, 0) is 12.5 Å². The van der Waals surface area contributed by atoms with E-state index in [0.717, 1.165) is 30.6 Å². The van der Waals surface area contributed by atoms with Gasteiger partial charge in [-0.15, -0.1) is 6.58 Å². The van der Waals surface area contributed by atoms with Gasteiger partial charge in [0.05, 0.1) is 0 Å². The molecule has 0 bridgehead atoms. The Kier molecular flexibility index (Phi) is 7.88. The smallest absolute Gasteiger partial charge is 0.193 e. The van der Waals surface area contributed by atoms with Crippen LogP contribution >= 0.6 is 11.8 Å². The van der Waals surface area contributed by atoms with E-state index in [9.17, 15) is 0 Å². The number of hydrogen-bond donors (Lipinski definition) is 1. The topological polar surface area (TPSA) is 27.6 Å². The van der Waals surface area contributed by atoms with Gasteiger partial charge in [0.25, 0.3) is 0 Å². The van der Waals surface area contributed by atoms with E-state index in [1.807, 2.05) is 24.9 Å². The summed E-state index contributed by atoms with van der Waals surface area (Å²) in [4.78, 5) is 6.46. The molecule has 20 heavy (non-hydrogen) atoms. The molecule has 1 N–H and O–H groups in total. The Hall–Kier alpha value is -1.42. The highest BCUT2D eigenvalue weighted by Gasteiger charge is 2.05. The fourth-order valence-electron chi connectivity index (χ4n) is 1.83. The normalized spacial score (nSPS) is 11.2. The molecule has 0 amide bonds. The number of nitrogens with one attached hydrogen (secondary N) is 1. The molecule has 1 aromatic carbocycles. The number of rotatable bonds is 7. The molecule has 0 aliphatic rings. The number of guanidine groups is 1. The number of aliphatic imine (C=N–C) groups is 1. The van der Waals surface area contributed by atoms with Crippen LogP contribution < -0.4 is 5.32 Å². The van der Waals surface area contributed by atoms with Crippen molar-refractivity contribution in [1.82, 2.24) is 10.2 Å². The third-order valence-corrected chi connectivity index (χ3v) is 3.84. The lowest BCUT2D eigenvalue weighted by Crippen LogP contribution is -2.39. The van der Waals surface area contributed by atoms with E-state index >= 15 is 0 Å². The molecule has 0 unspecified atom stereocenters. The van der Waals surface area contributed by atoms with Gasteiger partial charge in [-0.25, -0.2) is 0 Å². The summed E-state index contributed by atoms with van der Waals surface area (Å²) in [5.74, 6) is 2.99. The van der Waals surface area contributed by atoms with Crippen LogP contribution in [0.25, 0.3) is 0 Å². The van der Waals surface area contributed by atoms with E-state index in [-0.39, 0.29) is 0 Å². The van der Waals surface area contributed by atoms with Crippen LogP contribution in [0.3, 0.4) is 0 Å². The number of aryl methyl sites for hydroxylation is 1. The Morgan fingerprint density at radius 3 is 2.70 bits per heavy atom. The van der Waals surface area contributed by atoms with Crippen LogP contribution in [0.2, 0.25) is 0 Å². The highest BCUT2D eigenvalue weighted by atomic mass is 32.2. The molecule has 0 aliphatic heterocycles. The maximum Gasteiger partial charge on any atom is 0.193 e. The number of nitrogens with zero attached hydrogens (tertiary/aromatic N) is 2. The highest BCUT2D eigenvalue weighted by Crippen LogP contribution is 2.06. The average Bonchev–Trinajstić information content (AvgIpc) is 2.45. The molecule has 0 spiro atoms. The van der Waals surface area contributed by atoms with Gasteiger partial charge in [0.15, 0.2) is 5.96 Å². The predicted octanol–water partition coefficient (Wildman–Crippen LogP) is 2.92. The van der Waals surface area contributed by atoms with Crippen LogP contribution in [0, 0.1) is 6.92 Å². The molecule has 3 nitrogen and oxygen atoms in total. The molecule has 4 heteroatoms. The molecule has 0 fully saturated rings. The maximum atomic E-state index is 4.32. The molecule has 1 rings (SSSR count). The number of benzene rings is 1. The van der Waals surface area contributed by atoms with Crippen molar-refractivity contribution in [3.8, 4) is 0 Å². The molecule has 0 atom stereocenters. The second-order valence-electron chi connectivity index (χ2n) is 4.68. The third-order valence-electron chi connectivity index (χ3n) is 2.88. The van der Waals surface area contributed by atoms with E-state index in [1.165, 1.54) is 11.1 Å². The van der Waals surface area contributed by atoms with Crippen molar-refractivity contribution in [1.29, 1.82) is 0 Å². The first-order valence-electron chi connectivity index (χ1n) is 6.83. The predicted molar refractivity (Wildman–Crippen MR) is 91.5 cm³/mol. The van der Waals surface area contributed by atoms with Gasteiger partial charge in [0.2, 0.25) is 0 Å². The minimum absolute atomic E-state index is 0.861. The minimum atomic E-state index is 0.861. The summed E-state index contributed by atoms with van der Waals surface area (Å²) in [6.45, 7) is 7.60. The fraction of sp³-hybridized carbons (Fsp3) is 0.438. The minimum Gasteiger partial charge on any atom is -0.355 e. The molecule has 0 aromatic heterocycles. The fourth-order valence-corrected chi connectivity index (χ4v) is 2.41. The van der Waals surface area contributed by atoms with Gasteiger partial charge in [-0.2, -0.15) is 11.8 Å². The van der Waals surface area contributed by atoms with Gasteiger partial charge in [-0.1, -0.05) is 35.9 Å². The first kappa shape index (κ1) is 16.6. The van der Waals surface area contributed by atoms with Gasteiger partial charge < -0.3 is 10.2 Å². The van der Waals surface area contributed by atoms with Crippen molar-refractivity contribution in [2.75, 3.05) is 32.1 Å². The monoisotopic (exact) mass is 291 g/mol. The van der Waals surface area contributed by atoms with Crippen molar-refractivity contribution in [2.45, 2.75) is 13.5 Å². The summed E-state index contributed by atoms with van der Waals surface area (Å²) in [5, 5.41) is 3.38. The summed E-state index contributed by atoms with van der Waals surface area (Å²) in [6.07, 6.45) is 1.93. The second-order valence-corrected chi connectivity index (χ2v) is 5.83. The molecule has 0 aliphatic carbocycles. The molecule has 0 heterocycles. The first-order chi connectivity index (χ1) is 9.67. The van der Waals surface area contributed by atoms with Gasteiger partial charge in [0, 0.05) is 38.7 Å². The molecular formula is C16H25N3S. The molecule has 1 aromatic rings. The SMILES string of the molecule is C=CCSCCNC(=NC)N(C)Cc1ccc(C)cc1. The van der Waals surface area contributed by atoms with E-state index in [1.54, 1.807) is 0 Å². The Morgan fingerprint density at radius 1 is 1.40 bits per heavy atom. The van der Waals surface area contributed by atoms with E-state index in [4.69, 9.17) is 0 Å². The van der Waals surface area contributed by atoms with E-state index in [0.29, 0.717) is 0 Å². The van der Waals surface area contributed by atoms with Gasteiger partial charge in [0.1, 0.15) is 0 Å². The van der Waals surface area contributed by atoms with Crippen molar-refractivity contribution in [2.24, 2.45) is 4.99 Å². The van der Waals surface area contributed by atoms with Gasteiger partial charge in [-0.3, -0.25) is 4.99 Å². The first-order valence-corrected chi connectivity index (χ1v) is 7.98. The van der Waals surface area contributed by atoms with Crippen molar-refractivity contribution in [3.05, 3.63) is 48.0 Å². The lowest BCUT2D eigenvalue weighted by molar-refractivity contribution is 0.479. The zero-order valence-electron chi connectivity index (χ0n) is 12.7. The summed E-state index contributed by atoms with van der Waals surface area (Å²) < 4.78 is 0. The Labute approximate surface area is 127 Å². The van der Waals surface area contributed by atoms with Crippen LogP contribution in [-0.4, -0.2) is 43.0 Å². The van der Waals surface area contributed by atoms with Crippen molar-refractivity contribution in [3.63, 3.8) is 0 Å². The van der Waals surface area contributed by atoms with Crippen LogP contribution in [0.1, 0.15) is 11.1 Å². The number of thioether (sulfide) groups is 1. The summed E-state index contributed by atoms with van der Waals surface area (Å²) >= 11 is 1.87. The van der Waals surface area contributed by atoms with Crippen LogP contribution in [0.15, 0.2) is 41.9 Å². The quantitative estimate of drug-likeness (QED) is 0.362. The Morgan fingerprint density at radius 2 is 2.10 bits per heavy atom. The maximum absolute atomic E-state index is 4.32. The zero-order chi connectivity index (χ0) is 14.8. The van der Waals surface area contributed by atoms with Crippen LogP contribution in [-0.2, 0) is 6.54 Å². The van der Waals surface area contributed by atoms with Crippen LogP contribution in [0.5, 0.6) is 0 Å². The molecule has 0 radical (unpaired) electrons. The molecule has 0 saturated carbocycles. The average molecular weight is 291 g/mol. The Bertz CT molecular complexity index is 426. The largest absolute Gasteiger partial charge is 0.355 e. The molecular weight excluding hydrogens is 266 g/mol. The second kappa shape index (κ2) is 9.48. The summed E-state index contributed by atoms with van der Waals surface area (Å²) in [5.41, 5.74) is 2.58. The molecule has 0 saturated heterocycles. The van der Waals surface area contributed by atoms with Crippen LogP contribution in [0.4, 0.5) is 0 Å². The summed E-state index contributed by atoms with van der Waals surface area (Å²) in [6, 6.07) is 8.62. The van der Waals surface area contributed by atoms with Gasteiger partial charge >= 0.3 is 0 Å².